The van der Waals surface area contributed by atoms with Gasteiger partial charge in [0.05, 0.1) is 18.3 Å². The van der Waals surface area contributed by atoms with Crippen LogP contribution in [0.15, 0.2) is 11.8 Å². The van der Waals surface area contributed by atoms with Crippen molar-refractivity contribution in [2.75, 3.05) is 12.5 Å². The molecule has 17 heavy (non-hydrogen) atoms. The van der Waals surface area contributed by atoms with Crippen LogP contribution in [0.5, 0.6) is 0 Å². The fraction of sp³-hybridized carbons (Fsp3) is 0.857. The second kappa shape index (κ2) is 5.39. The van der Waals surface area contributed by atoms with E-state index in [0.717, 1.165) is 11.7 Å². The number of hydrogen-bond donors (Lipinski definition) is 0. The van der Waals surface area contributed by atoms with Gasteiger partial charge in [-0.25, -0.2) is 0 Å². The maximum Gasteiger partial charge on any atom is 0.250 e. The van der Waals surface area contributed by atoms with Gasteiger partial charge in [0.25, 0.3) is 0 Å². The van der Waals surface area contributed by atoms with E-state index in [1.54, 1.807) is 0 Å². The predicted octanol–water partition coefficient (Wildman–Crippen LogP) is 4.32. The van der Waals surface area contributed by atoms with E-state index < -0.39 is 8.32 Å². The number of hydrogen-bond acceptors (Lipinski definition) is 1. The predicted molar refractivity (Wildman–Crippen MR) is 83.2 cm³/mol. The minimum absolute atomic E-state index is 0.306. The van der Waals surface area contributed by atoms with Crippen molar-refractivity contribution in [3.63, 3.8) is 0 Å². The maximum absolute atomic E-state index is 6.43. The quantitative estimate of drug-likeness (QED) is 0.549. The second-order valence-electron chi connectivity index (χ2n) is 6.81. The van der Waals surface area contributed by atoms with Crippen LogP contribution < -0.4 is 0 Å². The molecule has 1 aliphatic carbocycles. The van der Waals surface area contributed by atoms with Crippen molar-refractivity contribution >= 4 is 19.2 Å². The summed E-state index contributed by atoms with van der Waals surface area (Å²) in [6.45, 7) is 11.6. The number of rotatable bonds is 3. The molecule has 0 heterocycles. The Balaban J connectivity index is 2.75. The van der Waals surface area contributed by atoms with Gasteiger partial charge in [0, 0.05) is 12.5 Å². The van der Waals surface area contributed by atoms with Crippen molar-refractivity contribution in [3.05, 3.63) is 11.8 Å². The van der Waals surface area contributed by atoms with Crippen LogP contribution in [0.3, 0.4) is 0 Å². The summed E-state index contributed by atoms with van der Waals surface area (Å²) in [7, 11) is -1.14. The Morgan fingerprint density at radius 3 is 2.35 bits per heavy atom. The zero-order chi connectivity index (χ0) is 13.3. The molecule has 100 valence electrons. The average Bonchev–Trinajstić information content (AvgIpc) is 2.15. The summed E-state index contributed by atoms with van der Waals surface area (Å²) in [4.78, 5) is 0. The van der Waals surface area contributed by atoms with E-state index in [-0.39, 0.29) is 0 Å². The summed E-state index contributed by atoms with van der Waals surface area (Å²) in [6.07, 6.45) is 10.9. The third kappa shape index (κ3) is 4.06. The van der Waals surface area contributed by atoms with Gasteiger partial charge in [0.2, 0.25) is 8.32 Å². The summed E-state index contributed by atoms with van der Waals surface area (Å²) in [5, 5.41) is 1.06. The first-order valence-corrected chi connectivity index (χ1v) is 11.6. The van der Waals surface area contributed by atoms with E-state index in [2.05, 4.69) is 52.5 Å². The molecule has 0 aliphatic heterocycles. The van der Waals surface area contributed by atoms with E-state index in [9.17, 15) is 0 Å². The van der Waals surface area contributed by atoms with Gasteiger partial charge in [-0.2, -0.15) is 0 Å². The Morgan fingerprint density at radius 1 is 1.29 bits per heavy atom. The average molecular weight is 274 g/mol. The molecule has 3 heteroatoms. The Bertz CT molecular complexity index is 289. The molecule has 1 unspecified atom stereocenters. The molecule has 0 aromatic rings. The molecule has 0 aromatic heterocycles. The van der Waals surface area contributed by atoms with E-state index in [4.69, 9.17) is 4.43 Å². The SMILES string of the molecule is C[S+](C)C1C=C(O[Si](C)(C)C(C)(C)C)CCC1. The second-order valence-corrected chi connectivity index (χ2v) is 13.9. The molecule has 0 saturated heterocycles. The topological polar surface area (TPSA) is 9.23 Å². The van der Waals surface area contributed by atoms with Gasteiger partial charge in [-0.05, 0) is 41.9 Å². The Hall–Kier alpha value is 0.107. The minimum atomic E-state index is -1.62. The highest BCUT2D eigenvalue weighted by Gasteiger charge is 2.40. The van der Waals surface area contributed by atoms with Gasteiger partial charge >= 0.3 is 0 Å². The molecule has 0 spiro atoms. The first kappa shape index (κ1) is 15.2. The maximum atomic E-state index is 6.43. The third-order valence-corrected chi connectivity index (χ3v) is 10.0. The molecule has 0 radical (unpaired) electrons. The van der Waals surface area contributed by atoms with Crippen LogP contribution in [0.1, 0.15) is 40.0 Å². The van der Waals surface area contributed by atoms with E-state index in [1.165, 1.54) is 18.6 Å². The fourth-order valence-electron chi connectivity index (χ4n) is 1.79. The van der Waals surface area contributed by atoms with Gasteiger partial charge in [-0.15, -0.1) is 0 Å². The summed E-state index contributed by atoms with van der Waals surface area (Å²) in [5.41, 5.74) is 0. The van der Waals surface area contributed by atoms with Crippen molar-refractivity contribution in [2.24, 2.45) is 0 Å². The lowest BCUT2D eigenvalue weighted by molar-refractivity contribution is 0.352. The number of allylic oxidation sites excluding steroid dienone is 1. The molecule has 0 N–H and O–H groups in total. The Morgan fingerprint density at radius 2 is 1.88 bits per heavy atom. The minimum Gasteiger partial charge on any atom is -0.547 e. The smallest absolute Gasteiger partial charge is 0.250 e. The van der Waals surface area contributed by atoms with E-state index >= 15 is 0 Å². The zero-order valence-electron chi connectivity index (χ0n) is 12.6. The van der Waals surface area contributed by atoms with Crippen LogP contribution >= 0.6 is 0 Å². The highest BCUT2D eigenvalue weighted by atomic mass is 32.2. The van der Waals surface area contributed by atoms with Crippen LogP contribution in [0, 0.1) is 0 Å². The lowest BCUT2D eigenvalue weighted by atomic mass is 10.1. The van der Waals surface area contributed by atoms with Crippen LogP contribution in [0.25, 0.3) is 0 Å². The largest absolute Gasteiger partial charge is 0.547 e. The zero-order valence-corrected chi connectivity index (χ0v) is 14.4. The van der Waals surface area contributed by atoms with Crippen molar-refractivity contribution < 1.29 is 4.43 Å². The van der Waals surface area contributed by atoms with Crippen LogP contribution in [-0.4, -0.2) is 26.1 Å². The van der Waals surface area contributed by atoms with Crippen molar-refractivity contribution in [3.8, 4) is 0 Å². The molecule has 1 atom stereocenters. The highest BCUT2D eigenvalue weighted by Crippen LogP contribution is 2.39. The molecule has 1 nitrogen and oxygen atoms in total. The van der Waals surface area contributed by atoms with Gasteiger partial charge in [0.1, 0.15) is 5.25 Å². The molecule has 0 amide bonds. The lowest BCUT2D eigenvalue weighted by Crippen LogP contribution is -2.41. The third-order valence-electron chi connectivity index (χ3n) is 4.08. The molecule has 1 rings (SSSR count). The summed E-state index contributed by atoms with van der Waals surface area (Å²) < 4.78 is 6.43. The lowest BCUT2D eigenvalue weighted by Gasteiger charge is -2.38. The van der Waals surface area contributed by atoms with Crippen LogP contribution in [0.4, 0.5) is 0 Å². The molecule has 0 bridgehead atoms. The van der Waals surface area contributed by atoms with E-state index in [0.29, 0.717) is 15.9 Å². The van der Waals surface area contributed by atoms with Gasteiger partial charge in [-0.3, -0.25) is 0 Å². The summed E-state index contributed by atoms with van der Waals surface area (Å²) in [5.74, 6) is 1.29. The molecule has 0 fully saturated rings. The summed E-state index contributed by atoms with van der Waals surface area (Å²) in [6, 6.07) is 0. The first-order chi connectivity index (χ1) is 7.63. The van der Waals surface area contributed by atoms with Gasteiger partial charge in [0.15, 0.2) is 0 Å². The van der Waals surface area contributed by atoms with Crippen molar-refractivity contribution in [2.45, 2.75) is 63.4 Å². The van der Waals surface area contributed by atoms with Crippen LogP contribution in [-0.2, 0) is 15.3 Å². The molecule has 0 aromatic carbocycles. The molecular weight excluding hydrogens is 244 g/mol. The van der Waals surface area contributed by atoms with E-state index in [1.807, 2.05) is 0 Å². The molecule has 1 aliphatic rings. The van der Waals surface area contributed by atoms with Gasteiger partial charge < -0.3 is 4.43 Å². The highest BCUT2D eigenvalue weighted by molar-refractivity contribution is 7.96. The monoisotopic (exact) mass is 273 g/mol. The normalized spacial score (nSPS) is 22.6. The molecule has 0 saturated carbocycles. The first-order valence-electron chi connectivity index (χ1n) is 6.59. The summed E-state index contributed by atoms with van der Waals surface area (Å²) >= 11 is 0. The Kier molecular flexibility index (Phi) is 4.81. The molecular formula is C14H29OSSi+. The van der Waals surface area contributed by atoms with Crippen molar-refractivity contribution in [1.82, 2.24) is 0 Å². The van der Waals surface area contributed by atoms with Gasteiger partial charge in [-0.1, -0.05) is 20.8 Å². The Labute approximate surface area is 111 Å². The van der Waals surface area contributed by atoms with Crippen molar-refractivity contribution in [1.29, 1.82) is 0 Å². The standard InChI is InChI=1S/C14H29OSSi/c1-14(2,3)17(6,7)15-12-9-8-10-13(11-12)16(4)5/h11,13H,8-10H2,1-7H3/q+1. The fourth-order valence-corrected chi connectivity index (χ4v) is 3.98. The van der Waals surface area contributed by atoms with Crippen LogP contribution in [0.2, 0.25) is 18.1 Å².